The van der Waals surface area contributed by atoms with Crippen LogP contribution >= 0.6 is 22.7 Å². The van der Waals surface area contributed by atoms with Crippen molar-refractivity contribution in [2.75, 3.05) is 0 Å². The number of rotatable bonds is 3. The quantitative estimate of drug-likeness (QED) is 0.571. The predicted molar refractivity (Wildman–Crippen MR) is 126 cm³/mol. The van der Waals surface area contributed by atoms with Crippen LogP contribution in [0.2, 0.25) is 0 Å². The van der Waals surface area contributed by atoms with Crippen LogP contribution in [-0.4, -0.2) is 43.7 Å². The van der Waals surface area contributed by atoms with Gasteiger partial charge in [-0.1, -0.05) is 9.90 Å². The number of hydroxylamine groups is 2. The van der Waals surface area contributed by atoms with Crippen LogP contribution in [0.25, 0.3) is 9.75 Å². The maximum absolute atomic E-state index is 12.9. The zero-order valence-corrected chi connectivity index (χ0v) is 20.4. The molecule has 2 aromatic heterocycles. The molecule has 0 fully saturated rings. The van der Waals surface area contributed by atoms with Gasteiger partial charge in [0.25, 0.3) is 0 Å². The van der Waals surface area contributed by atoms with Crippen molar-refractivity contribution in [2.24, 2.45) is 9.98 Å². The summed E-state index contributed by atoms with van der Waals surface area (Å²) in [6.45, 7) is 15.7. The predicted octanol–water partition coefficient (Wildman–Crippen LogP) is 5.69. The molecule has 0 bridgehead atoms. The second-order valence-corrected chi connectivity index (χ2v) is 12.1. The SMILES string of the molecule is CC1(C)N=C(c2ccc(-c3cc(C4=NC(C)(C)C(C)(C)[N+]4=O)cs3)s2)N([O-])C1(C)C. The maximum Gasteiger partial charge on any atom is 0.365 e. The van der Waals surface area contributed by atoms with Crippen molar-refractivity contribution in [3.63, 3.8) is 0 Å². The number of hydrogen-bond acceptors (Lipinski definition) is 7. The lowest BCUT2D eigenvalue weighted by Crippen LogP contribution is -2.50. The van der Waals surface area contributed by atoms with E-state index in [9.17, 15) is 10.1 Å². The Hall–Kier alpha value is -1.90. The molecule has 0 radical (unpaired) electrons. The Morgan fingerprint density at radius 1 is 0.933 bits per heavy atom. The van der Waals surface area contributed by atoms with Gasteiger partial charge >= 0.3 is 5.84 Å². The van der Waals surface area contributed by atoms with Gasteiger partial charge in [-0.15, -0.1) is 22.7 Å². The minimum absolute atomic E-state index is 0.456. The van der Waals surface area contributed by atoms with Crippen molar-refractivity contribution in [1.82, 2.24) is 5.06 Å². The molecule has 160 valence electrons. The molecule has 0 saturated heterocycles. The monoisotopic (exact) mass is 444 g/mol. The number of nitrogens with zero attached hydrogens (tertiary/aromatic N) is 4. The van der Waals surface area contributed by atoms with E-state index in [-0.39, 0.29) is 0 Å². The minimum atomic E-state index is -0.599. The molecule has 0 amide bonds. The van der Waals surface area contributed by atoms with Gasteiger partial charge in [-0.2, -0.15) is 0 Å². The van der Waals surface area contributed by atoms with Crippen molar-refractivity contribution in [2.45, 2.75) is 77.5 Å². The topological polar surface area (TPSA) is 71.1 Å². The number of thiophene rings is 2. The van der Waals surface area contributed by atoms with E-state index in [4.69, 9.17) is 9.98 Å². The fraction of sp³-hybridized carbons (Fsp3) is 0.545. The van der Waals surface area contributed by atoms with Crippen LogP contribution in [0, 0.1) is 10.1 Å². The molecule has 0 unspecified atom stereocenters. The third-order valence-electron chi connectivity index (χ3n) is 7.09. The fourth-order valence-corrected chi connectivity index (χ4v) is 5.40. The lowest BCUT2D eigenvalue weighted by Gasteiger charge is -2.45. The number of nitroso groups, excluding NO2 is 1. The van der Waals surface area contributed by atoms with E-state index in [1.807, 2.05) is 79.0 Å². The van der Waals surface area contributed by atoms with Crippen molar-refractivity contribution in [3.8, 4) is 9.75 Å². The van der Waals surface area contributed by atoms with E-state index < -0.39 is 22.2 Å². The Bertz CT molecular complexity index is 1100. The van der Waals surface area contributed by atoms with Gasteiger partial charge in [0.05, 0.1) is 16.0 Å². The summed E-state index contributed by atoms with van der Waals surface area (Å²) in [5, 5.41) is 15.9. The lowest BCUT2D eigenvalue weighted by molar-refractivity contribution is -0.514. The van der Waals surface area contributed by atoms with Crippen LogP contribution in [0.5, 0.6) is 0 Å². The second kappa shape index (κ2) is 6.31. The van der Waals surface area contributed by atoms with Crippen molar-refractivity contribution < 1.29 is 4.76 Å². The van der Waals surface area contributed by atoms with E-state index in [2.05, 4.69) is 0 Å². The van der Waals surface area contributed by atoms with E-state index in [0.717, 1.165) is 30.0 Å². The number of hydrogen-bond donors (Lipinski definition) is 0. The van der Waals surface area contributed by atoms with Crippen LogP contribution in [0.3, 0.4) is 0 Å². The average Bonchev–Trinajstić information content (AvgIpc) is 3.36. The highest BCUT2D eigenvalue weighted by Gasteiger charge is 2.59. The van der Waals surface area contributed by atoms with Gasteiger partial charge in [0, 0.05) is 20.7 Å². The van der Waals surface area contributed by atoms with Crippen molar-refractivity contribution in [3.05, 3.63) is 44.1 Å². The molecule has 8 heteroatoms. The first kappa shape index (κ1) is 21.3. The Morgan fingerprint density at radius 2 is 1.57 bits per heavy atom. The zero-order valence-electron chi connectivity index (χ0n) is 18.7. The third kappa shape index (κ3) is 2.84. The highest BCUT2D eigenvalue weighted by Crippen LogP contribution is 2.42. The van der Waals surface area contributed by atoms with E-state index in [1.165, 1.54) is 0 Å². The summed E-state index contributed by atoms with van der Waals surface area (Å²) in [6, 6.07) is 5.99. The van der Waals surface area contributed by atoms with Gasteiger partial charge < -0.3 is 10.3 Å². The number of aliphatic imine (C=N–C) groups is 2. The zero-order chi connectivity index (χ0) is 22.3. The Morgan fingerprint density at radius 3 is 2.10 bits per heavy atom. The molecule has 0 N–H and O–H groups in total. The van der Waals surface area contributed by atoms with Crippen molar-refractivity contribution >= 4 is 34.3 Å². The first-order valence-electron chi connectivity index (χ1n) is 10.0. The maximum atomic E-state index is 12.9. The van der Waals surface area contributed by atoms with Gasteiger partial charge in [0.1, 0.15) is 5.84 Å². The summed E-state index contributed by atoms with van der Waals surface area (Å²) >= 11 is 3.13. The Balaban J connectivity index is 1.65. The van der Waals surface area contributed by atoms with Crippen molar-refractivity contribution in [1.29, 1.82) is 0 Å². The standard InChI is InChI=1S/C22H28N4O2S2/c1-19(2)21(5,6)25(27)17(23-19)13-11-16(29-12-13)14-9-10-15(30-14)18-24-20(3,4)22(7,8)26(18)28/h9-12H,1-8H3. The molecule has 2 aliphatic heterocycles. The van der Waals surface area contributed by atoms with Crippen LogP contribution in [0.1, 0.15) is 65.8 Å². The second-order valence-electron chi connectivity index (χ2n) is 10.1. The average molecular weight is 445 g/mol. The van der Waals surface area contributed by atoms with Crippen LogP contribution in [0.4, 0.5) is 0 Å². The van der Waals surface area contributed by atoms with Gasteiger partial charge in [0.15, 0.2) is 11.1 Å². The third-order valence-corrected chi connectivity index (χ3v) is 9.30. The summed E-state index contributed by atoms with van der Waals surface area (Å²) in [5.74, 6) is 0.978. The van der Waals surface area contributed by atoms with E-state index in [0.29, 0.717) is 11.7 Å². The van der Waals surface area contributed by atoms with E-state index in [1.54, 1.807) is 22.7 Å². The van der Waals surface area contributed by atoms with Crippen LogP contribution in [0.15, 0.2) is 33.6 Å². The molecule has 4 rings (SSSR count). The number of amidine groups is 2. The summed E-state index contributed by atoms with van der Waals surface area (Å²) in [6.07, 6.45) is 0. The molecular formula is C22H28N4O2S2. The first-order chi connectivity index (χ1) is 13.7. The molecule has 2 aromatic rings. The smallest absolute Gasteiger partial charge is 0.365 e. The highest BCUT2D eigenvalue weighted by atomic mass is 32.1. The molecule has 4 heterocycles. The fourth-order valence-electron chi connectivity index (χ4n) is 3.43. The summed E-state index contributed by atoms with van der Waals surface area (Å²) in [7, 11) is 0. The molecule has 0 aromatic carbocycles. The molecule has 2 aliphatic rings. The first-order valence-corrected chi connectivity index (χ1v) is 11.7. The van der Waals surface area contributed by atoms with Gasteiger partial charge in [0.2, 0.25) is 0 Å². The molecule has 6 nitrogen and oxygen atoms in total. The van der Waals surface area contributed by atoms with Gasteiger partial charge in [-0.25, -0.2) is 0 Å². The minimum Gasteiger partial charge on any atom is -0.757 e. The van der Waals surface area contributed by atoms with Gasteiger partial charge in [-0.05, 0) is 78.3 Å². The molecule has 0 atom stereocenters. The molecule has 0 aliphatic carbocycles. The van der Waals surface area contributed by atoms with Crippen LogP contribution < -0.4 is 0 Å². The Labute approximate surface area is 185 Å². The van der Waals surface area contributed by atoms with Gasteiger partial charge in [-0.3, -0.25) is 4.99 Å². The lowest BCUT2D eigenvalue weighted by atomic mass is 9.84. The molecule has 0 spiro atoms. The summed E-state index contributed by atoms with van der Waals surface area (Å²) in [5.41, 5.74) is -1.27. The summed E-state index contributed by atoms with van der Waals surface area (Å²) < 4.78 is 1.03. The summed E-state index contributed by atoms with van der Waals surface area (Å²) in [4.78, 5) is 25.3. The van der Waals surface area contributed by atoms with E-state index >= 15 is 0 Å². The van der Waals surface area contributed by atoms with Crippen LogP contribution in [-0.2, 0) is 0 Å². The Kier molecular flexibility index (Phi) is 4.49. The molecular weight excluding hydrogens is 416 g/mol. The highest BCUT2D eigenvalue weighted by molar-refractivity contribution is 7.22. The molecule has 30 heavy (non-hydrogen) atoms. The molecule has 0 saturated carbocycles. The normalized spacial score (nSPS) is 23.6. The largest absolute Gasteiger partial charge is 0.757 e.